The average Bonchev–Trinajstić information content (AvgIpc) is 2.81. The van der Waals surface area contributed by atoms with E-state index in [1.165, 1.54) is 19.4 Å². The number of rotatable bonds is 5. The molecule has 1 aliphatic heterocycles. The Bertz CT molecular complexity index is 937. The van der Waals surface area contributed by atoms with Gasteiger partial charge in [0.25, 0.3) is 15.9 Å². The van der Waals surface area contributed by atoms with Crippen LogP contribution in [0, 0.1) is 5.92 Å². The molecule has 0 bridgehead atoms. The zero-order valence-electron chi connectivity index (χ0n) is 16.4. The number of hydrogen-bond donors (Lipinski definition) is 2. The number of nitrogens with zero attached hydrogens (tertiary/aromatic N) is 1. The number of carbonyl (C=O) groups excluding carboxylic acids is 1. The lowest BCUT2D eigenvalue weighted by atomic mass is 10.1. The van der Waals surface area contributed by atoms with Crippen molar-refractivity contribution in [2.45, 2.75) is 39.3 Å². The van der Waals surface area contributed by atoms with Gasteiger partial charge in [-0.1, -0.05) is 25.5 Å². The number of hydrogen-bond acceptors (Lipinski definition) is 6. The SMILES string of the molecule is COC1CC=C(C)C=C1S(=O)(=O)Nc1cnc2c(c1)C(=O)N[C@@H](C(C)C)CO2. The number of amides is 1. The van der Waals surface area contributed by atoms with Gasteiger partial charge in [-0.3, -0.25) is 9.52 Å². The molecule has 2 N–H and O–H groups in total. The first kappa shape index (κ1) is 20.3. The molecule has 1 amide bonds. The van der Waals surface area contributed by atoms with E-state index in [-0.39, 0.29) is 39.9 Å². The van der Waals surface area contributed by atoms with Crippen LogP contribution >= 0.6 is 0 Å². The van der Waals surface area contributed by atoms with Gasteiger partial charge in [-0.2, -0.15) is 0 Å². The first-order valence-electron chi connectivity index (χ1n) is 9.09. The van der Waals surface area contributed by atoms with Crippen LogP contribution in [0.4, 0.5) is 5.69 Å². The quantitative estimate of drug-likeness (QED) is 0.775. The zero-order chi connectivity index (χ0) is 20.5. The molecule has 0 saturated carbocycles. The second-order valence-corrected chi connectivity index (χ2v) is 8.95. The van der Waals surface area contributed by atoms with E-state index in [2.05, 4.69) is 15.0 Å². The van der Waals surface area contributed by atoms with E-state index in [1.807, 2.05) is 26.8 Å². The predicted octanol–water partition coefficient (Wildman–Crippen LogP) is 2.22. The van der Waals surface area contributed by atoms with E-state index in [1.54, 1.807) is 6.08 Å². The molecule has 0 radical (unpaired) electrons. The number of fused-ring (bicyclic) bond motifs is 1. The molecule has 28 heavy (non-hydrogen) atoms. The maximum Gasteiger partial charge on any atom is 0.260 e. The molecule has 152 valence electrons. The summed E-state index contributed by atoms with van der Waals surface area (Å²) in [4.78, 5) is 16.8. The van der Waals surface area contributed by atoms with Crippen LogP contribution in [0.1, 0.15) is 37.6 Å². The minimum atomic E-state index is -3.88. The molecular formula is C19H25N3O5S. The Kier molecular flexibility index (Phi) is 5.76. The van der Waals surface area contributed by atoms with Crippen LogP contribution in [0.15, 0.2) is 34.9 Å². The highest BCUT2D eigenvalue weighted by atomic mass is 32.2. The fourth-order valence-corrected chi connectivity index (χ4v) is 4.48. The lowest BCUT2D eigenvalue weighted by Gasteiger charge is -2.22. The number of sulfonamides is 1. The number of anilines is 1. The monoisotopic (exact) mass is 407 g/mol. The van der Waals surface area contributed by atoms with Crippen LogP contribution in [-0.2, 0) is 14.8 Å². The van der Waals surface area contributed by atoms with Crippen LogP contribution in [0.2, 0.25) is 0 Å². The second kappa shape index (κ2) is 7.92. The Morgan fingerprint density at radius 2 is 2.14 bits per heavy atom. The van der Waals surface area contributed by atoms with Crippen LogP contribution < -0.4 is 14.8 Å². The van der Waals surface area contributed by atoms with Gasteiger partial charge in [0.1, 0.15) is 12.2 Å². The molecule has 1 aliphatic carbocycles. The molecule has 8 nitrogen and oxygen atoms in total. The first-order valence-corrected chi connectivity index (χ1v) is 10.6. The molecule has 0 saturated heterocycles. The average molecular weight is 407 g/mol. The van der Waals surface area contributed by atoms with Gasteiger partial charge >= 0.3 is 0 Å². The van der Waals surface area contributed by atoms with Crippen molar-refractivity contribution in [1.82, 2.24) is 10.3 Å². The summed E-state index contributed by atoms with van der Waals surface area (Å²) >= 11 is 0. The fraction of sp³-hybridized carbons (Fsp3) is 0.474. The largest absolute Gasteiger partial charge is 0.475 e. The molecule has 2 heterocycles. The fourth-order valence-electron chi connectivity index (χ4n) is 3.06. The van der Waals surface area contributed by atoms with Crippen molar-refractivity contribution in [3.63, 3.8) is 0 Å². The minimum Gasteiger partial charge on any atom is -0.475 e. The Hall–Kier alpha value is -2.39. The van der Waals surface area contributed by atoms with Crippen molar-refractivity contribution in [3.05, 3.63) is 40.5 Å². The highest BCUT2D eigenvalue weighted by Gasteiger charge is 2.30. The van der Waals surface area contributed by atoms with Gasteiger partial charge in [0, 0.05) is 7.11 Å². The number of aromatic nitrogens is 1. The molecular weight excluding hydrogens is 382 g/mol. The predicted molar refractivity (Wildman–Crippen MR) is 106 cm³/mol. The number of allylic oxidation sites excluding steroid dienone is 2. The van der Waals surface area contributed by atoms with E-state index in [9.17, 15) is 13.2 Å². The molecule has 2 aliphatic rings. The standard InChI is InChI=1S/C19H25N3O5S/c1-11(2)15-10-27-19-14(18(23)21-15)8-13(9-20-19)22-28(24,25)17-7-12(3)5-6-16(17)26-4/h5,7-9,11,15-16,22H,6,10H2,1-4H3,(H,21,23)/t15-,16?/m1/s1. The zero-order valence-corrected chi connectivity index (χ0v) is 17.2. The van der Waals surface area contributed by atoms with Gasteiger partial charge in [-0.15, -0.1) is 0 Å². The summed E-state index contributed by atoms with van der Waals surface area (Å²) < 4.78 is 39.2. The van der Waals surface area contributed by atoms with Crippen molar-refractivity contribution in [2.75, 3.05) is 18.4 Å². The van der Waals surface area contributed by atoms with Gasteiger partial charge in [0.2, 0.25) is 5.88 Å². The Morgan fingerprint density at radius 3 is 2.82 bits per heavy atom. The van der Waals surface area contributed by atoms with Crippen molar-refractivity contribution < 1.29 is 22.7 Å². The second-order valence-electron chi connectivity index (χ2n) is 7.27. The maximum atomic E-state index is 12.9. The lowest BCUT2D eigenvalue weighted by Crippen LogP contribution is -2.40. The van der Waals surface area contributed by atoms with E-state index < -0.39 is 16.1 Å². The van der Waals surface area contributed by atoms with Gasteiger partial charge in [0.05, 0.1) is 28.9 Å². The van der Waals surface area contributed by atoms with Crippen LogP contribution in [0.3, 0.4) is 0 Å². The van der Waals surface area contributed by atoms with Crippen LogP contribution in [-0.4, -0.2) is 45.2 Å². The normalized spacial score (nSPS) is 22.4. The summed E-state index contributed by atoms with van der Waals surface area (Å²) in [5.41, 5.74) is 1.23. The number of ether oxygens (including phenoxy) is 2. The first-order chi connectivity index (χ1) is 13.2. The van der Waals surface area contributed by atoms with Gasteiger partial charge in [-0.05, 0) is 31.4 Å². The molecule has 0 spiro atoms. The molecule has 0 fully saturated rings. The van der Waals surface area contributed by atoms with E-state index >= 15 is 0 Å². The lowest BCUT2D eigenvalue weighted by molar-refractivity contribution is 0.0926. The number of pyridine rings is 1. The van der Waals surface area contributed by atoms with Crippen molar-refractivity contribution in [3.8, 4) is 5.88 Å². The topological polar surface area (TPSA) is 107 Å². The van der Waals surface area contributed by atoms with Gasteiger partial charge < -0.3 is 14.8 Å². The maximum absolute atomic E-state index is 12.9. The van der Waals surface area contributed by atoms with Crippen molar-refractivity contribution in [1.29, 1.82) is 0 Å². The Labute approximate surface area is 165 Å². The number of carbonyl (C=O) groups is 1. The highest BCUT2D eigenvalue weighted by molar-refractivity contribution is 7.96. The molecule has 1 aromatic heterocycles. The molecule has 9 heteroatoms. The summed E-state index contributed by atoms with van der Waals surface area (Å²) in [6, 6.07) is 1.29. The minimum absolute atomic E-state index is 0.144. The Balaban J connectivity index is 1.88. The van der Waals surface area contributed by atoms with Gasteiger partial charge in [0.15, 0.2) is 0 Å². The van der Waals surface area contributed by atoms with E-state index in [0.29, 0.717) is 13.0 Å². The van der Waals surface area contributed by atoms with Crippen LogP contribution in [0.25, 0.3) is 0 Å². The molecule has 0 aromatic carbocycles. The Morgan fingerprint density at radius 1 is 1.39 bits per heavy atom. The van der Waals surface area contributed by atoms with Crippen LogP contribution in [0.5, 0.6) is 5.88 Å². The van der Waals surface area contributed by atoms with Crippen molar-refractivity contribution in [2.24, 2.45) is 5.92 Å². The molecule has 2 atom stereocenters. The highest BCUT2D eigenvalue weighted by Crippen LogP contribution is 2.28. The third-order valence-electron chi connectivity index (χ3n) is 4.80. The summed E-state index contributed by atoms with van der Waals surface area (Å²) in [5, 5.41) is 2.89. The third kappa shape index (κ3) is 4.20. The molecule has 1 unspecified atom stereocenters. The number of nitrogens with one attached hydrogen (secondary N) is 2. The van der Waals surface area contributed by atoms with E-state index in [4.69, 9.17) is 9.47 Å². The number of methoxy groups -OCH3 is 1. The summed E-state index contributed by atoms with van der Waals surface area (Å²) in [7, 11) is -2.40. The third-order valence-corrected chi connectivity index (χ3v) is 6.31. The van der Waals surface area contributed by atoms with Gasteiger partial charge in [-0.25, -0.2) is 13.4 Å². The van der Waals surface area contributed by atoms with E-state index in [0.717, 1.165) is 5.57 Å². The summed E-state index contributed by atoms with van der Waals surface area (Å²) in [6.07, 6.45) is 4.76. The molecule has 1 aromatic rings. The smallest absolute Gasteiger partial charge is 0.260 e. The summed E-state index contributed by atoms with van der Waals surface area (Å²) in [6.45, 7) is 6.11. The van der Waals surface area contributed by atoms with Crippen molar-refractivity contribution >= 4 is 21.6 Å². The molecule has 3 rings (SSSR count). The summed E-state index contributed by atoms with van der Waals surface area (Å²) in [5.74, 6) is 0.0379.